The summed E-state index contributed by atoms with van der Waals surface area (Å²) >= 11 is 0.686. The van der Waals surface area contributed by atoms with Crippen molar-refractivity contribution in [2.24, 2.45) is 7.05 Å². The number of fused-ring (bicyclic) bond motifs is 2. The van der Waals surface area contributed by atoms with Gasteiger partial charge in [-0.1, -0.05) is 0 Å². The molecule has 31 heavy (non-hydrogen) atoms. The van der Waals surface area contributed by atoms with Crippen molar-refractivity contribution in [1.82, 2.24) is 24.7 Å². The Balaban J connectivity index is 1.41. The molecule has 3 N–H and O–H groups in total. The van der Waals surface area contributed by atoms with Gasteiger partial charge in [-0.05, 0) is 43.3 Å². The van der Waals surface area contributed by atoms with Gasteiger partial charge in [0.1, 0.15) is 16.7 Å². The number of hydrogen-bond acceptors (Lipinski definition) is 6. The highest BCUT2D eigenvalue weighted by Crippen LogP contribution is 2.35. The molecule has 2 aromatic heterocycles. The molecule has 3 heterocycles. The number of imidazole rings is 1. The van der Waals surface area contributed by atoms with Crippen molar-refractivity contribution in [3.8, 4) is 17.1 Å². The number of anilines is 2. The van der Waals surface area contributed by atoms with Crippen LogP contribution in [0, 0.1) is 6.92 Å². The van der Waals surface area contributed by atoms with E-state index in [1.54, 1.807) is 6.07 Å². The smallest absolute Gasteiger partial charge is 0.406 e. The Labute approximate surface area is 177 Å². The number of aryl methyl sites for hydroxylation is 2. The van der Waals surface area contributed by atoms with E-state index in [1.807, 2.05) is 36.7 Å². The number of H-pyrrole nitrogens is 1. The maximum absolute atomic E-state index is 12.5. The van der Waals surface area contributed by atoms with Gasteiger partial charge in [0, 0.05) is 17.5 Å². The molecule has 0 bridgehead atoms. The number of halogens is 3. The number of rotatable bonds is 3. The van der Waals surface area contributed by atoms with Gasteiger partial charge in [0.15, 0.2) is 5.82 Å². The standard InChI is InChI=1S/C19H16F3N7OS/c1-9-23-16(28-27-9)10-3-5-12-14(7-10)29(2)17(24-12)26-18-25-13-6-4-11(8-15(13)31-18)30-19(20,21)22/h3-8,25,31H,1-2H3,(H,24,26)(H,23,27,28). The first-order chi connectivity index (χ1) is 14.7. The quantitative estimate of drug-likeness (QED) is 0.280. The average Bonchev–Trinajstić information content (AvgIpc) is 3.38. The van der Waals surface area contributed by atoms with Crippen LogP contribution in [0.1, 0.15) is 5.82 Å². The van der Waals surface area contributed by atoms with Crippen molar-refractivity contribution in [3.63, 3.8) is 0 Å². The van der Waals surface area contributed by atoms with Crippen LogP contribution in [0.25, 0.3) is 22.4 Å². The zero-order valence-corrected chi connectivity index (χ0v) is 17.1. The molecule has 0 atom stereocenters. The Hall–Kier alpha value is -3.54. The normalized spacial score (nSPS) is 13.4. The largest absolute Gasteiger partial charge is 0.573 e. The molecule has 4 aromatic rings. The van der Waals surface area contributed by atoms with E-state index < -0.39 is 6.36 Å². The van der Waals surface area contributed by atoms with Gasteiger partial charge in [-0.3, -0.25) is 5.10 Å². The van der Waals surface area contributed by atoms with E-state index in [1.165, 1.54) is 12.1 Å². The molecule has 0 aliphatic carbocycles. The summed E-state index contributed by atoms with van der Waals surface area (Å²) in [7, 11) is 1.87. The predicted molar refractivity (Wildman–Crippen MR) is 113 cm³/mol. The molecule has 0 radical (unpaired) electrons. The summed E-state index contributed by atoms with van der Waals surface area (Å²) in [5.41, 5.74) is 3.24. The number of ether oxygens (including phenoxy) is 1. The van der Waals surface area contributed by atoms with E-state index in [2.05, 4.69) is 35.5 Å². The highest BCUT2D eigenvalue weighted by molar-refractivity contribution is 7.99. The number of alkyl halides is 3. The van der Waals surface area contributed by atoms with Crippen molar-refractivity contribution in [2.75, 3.05) is 10.6 Å². The van der Waals surface area contributed by atoms with Crippen LogP contribution >= 0.6 is 11.4 Å². The zero-order chi connectivity index (χ0) is 21.8. The van der Waals surface area contributed by atoms with E-state index in [0.29, 0.717) is 38.8 Å². The minimum atomic E-state index is -4.72. The molecule has 8 nitrogen and oxygen atoms in total. The lowest BCUT2D eigenvalue weighted by atomic mass is 10.2. The highest BCUT2D eigenvalue weighted by Gasteiger charge is 2.31. The van der Waals surface area contributed by atoms with Gasteiger partial charge in [0.2, 0.25) is 5.95 Å². The lowest BCUT2D eigenvalue weighted by molar-refractivity contribution is -0.274. The van der Waals surface area contributed by atoms with Crippen molar-refractivity contribution in [2.45, 2.75) is 18.2 Å². The number of benzene rings is 2. The van der Waals surface area contributed by atoms with E-state index in [4.69, 9.17) is 0 Å². The number of nitrogens with one attached hydrogen (secondary N) is 3. The van der Waals surface area contributed by atoms with Gasteiger partial charge in [0.25, 0.3) is 0 Å². The Bertz CT molecular complexity index is 1340. The fourth-order valence-electron chi connectivity index (χ4n) is 3.26. The second-order valence-corrected chi connectivity index (χ2v) is 8.03. The molecular weight excluding hydrogens is 431 g/mol. The van der Waals surface area contributed by atoms with E-state index >= 15 is 0 Å². The van der Waals surface area contributed by atoms with Crippen molar-refractivity contribution in [1.29, 1.82) is 0 Å². The summed E-state index contributed by atoms with van der Waals surface area (Å²) in [4.78, 5) is 9.63. The second-order valence-electron chi connectivity index (χ2n) is 6.88. The summed E-state index contributed by atoms with van der Waals surface area (Å²) in [6, 6.07) is 9.94. The van der Waals surface area contributed by atoms with Gasteiger partial charge >= 0.3 is 6.36 Å². The lowest BCUT2D eigenvalue weighted by Gasteiger charge is -2.10. The van der Waals surface area contributed by atoms with Gasteiger partial charge in [-0.2, -0.15) is 5.10 Å². The van der Waals surface area contributed by atoms with Crippen LogP contribution in [0.2, 0.25) is 0 Å². The maximum Gasteiger partial charge on any atom is 0.573 e. The first-order valence-corrected chi connectivity index (χ1v) is 10.0. The monoisotopic (exact) mass is 447 g/mol. The predicted octanol–water partition coefficient (Wildman–Crippen LogP) is 4.01. The van der Waals surface area contributed by atoms with Crippen molar-refractivity contribution < 1.29 is 17.9 Å². The molecular formula is C19H16F3N7OS. The lowest BCUT2D eigenvalue weighted by Crippen LogP contribution is -2.19. The van der Waals surface area contributed by atoms with Gasteiger partial charge in [0.05, 0.1) is 16.7 Å². The summed E-state index contributed by atoms with van der Waals surface area (Å²) in [5.74, 6) is 1.67. The number of aromatic nitrogens is 5. The fraction of sp³-hybridized carbons (Fsp3) is 0.158. The van der Waals surface area contributed by atoms with Crippen LogP contribution in [0.5, 0.6) is 5.75 Å². The number of thiol groups is 1. The summed E-state index contributed by atoms with van der Waals surface area (Å²) in [5, 5.41) is 14.1. The summed E-state index contributed by atoms with van der Waals surface area (Å²) in [6.07, 6.45) is -4.72. The minimum absolute atomic E-state index is 0.251. The van der Waals surface area contributed by atoms with E-state index in [9.17, 15) is 13.2 Å². The van der Waals surface area contributed by atoms with Crippen LogP contribution < -0.4 is 15.4 Å². The van der Waals surface area contributed by atoms with Crippen molar-refractivity contribution >= 4 is 39.1 Å². The molecule has 5 rings (SSSR count). The van der Waals surface area contributed by atoms with Crippen LogP contribution in [-0.4, -0.2) is 36.2 Å². The molecule has 0 saturated carbocycles. The minimum Gasteiger partial charge on any atom is -0.406 e. The Morgan fingerprint density at radius 3 is 2.71 bits per heavy atom. The third kappa shape index (κ3) is 3.81. The van der Waals surface area contributed by atoms with Gasteiger partial charge in [-0.15, -0.1) is 24.5 Å². The molecule has 1 aliphatic heterocycles. The van der Waals surface area contributed by atoms with Crippen LogP contribution in [-0.2, 0) is 7.05 Å². The summed E-state index contributed by atoms with van der Waals surface area (Å²) in [6.45, 7) is 1.84. The fourth-order valence-corrected chi connectivity index (χ4v) is 4.28. The molecule has 0 amide bonds. The second kappa shape index (κ2) is 7.01. The van der Waals surface area contributed by atoms with E-state index in [0.717, 1.165) is 22.4 Å². The van der Waals surface area contributed by atoms with Crippen LogP contribution in [0.15, 0.2) is 41.3 Å². The number of nitrogens with zero attached hydrogens (tertiary/aromatic N) is 4. The molecule has 0 spiro atoms. The number of hydrogen-bond donors (Lipinski definition) is 4. The SMILES string of the molecule is Cc1nc(-c2ccc3nc(NC4=[SH]c5cc(OC(F)(F)F)ccc5N4)n(C)c3c2)n[nH]1. The van der Waals surface area contributed by atoms with E-state index in [-0.39, 0.29) is 5.75 Å². The molecule has 0 fully saturated rings. The van der Waals surface area contributed by atoms with Crippen LogP contribution in [0.3, 0.4) is 0 Å². The summed E-state index contributed by atoms with van der Waals surface area (Å²) < 4.78 is 43.3. The van der Waals surface area contributed by atoms with Crippen LogP contribution in [0.4, 0.5) is 24.8 Å². The average molecular weight is 447 g/mol. The maximum atomic E-state index is 12.5. The Morgan fingerprint density at radius 2 is 1.97 bits per heavy atom. The third-order valence-corrected chi connectivity index (χ3v) is 5.71. The first kappa shape index (κ1) is 19.4. The molecule has 12 heteroatoms. The Kier molecular flexibility index (Phi) is 4.39. The van der Waals surface area contributed by atoms with Gasteiger partial charge in [-0.25, -0.2) is 9.97 Å². The Morgan fingerprint density at radius 1 is 1.13 bits per heavy atom. The first-order valence-electron chi connectivity index (χ1n) is 9.13. The third-order valence-electron chi connectivity index (χ3n) is 4.65. The zero-order valence-electron chi connectivity index (χ0n) is 16.2. The van der Waals surface area contributed by atoms with Crippen molar-refractivity contribution in [3.05, 3.63) is 42.2 Å². The molecule has 160 valence electrons. The number of aromatic amines is 1. The highest BCUT2D eigenvalue weighted by atomic mass is 32.1. The van der Waals surface area contributed by atoms with Gasteiger partial charge < -0.3 is 19.9 Å². The topological polar surface area (TPSA) is 92.7 Å². The molecule has 1 aliphatic rings. The molecule has 2 aromatic carbocycles. The molecule has 0 unspecified atom stereocenters. The molecule has 0 saturated heterocycles.